The maximum absolute atomic E-state index is 11.9. The van der Waals surface area contributed by atoms with Gasteiger partial charge in [0.1, 0.15) is 5.82 Å². The van der Waals surface area contributed by atoms with E-state index in [1.165, 1.54) is 11.8 Å². The molecule has 1 amide bonds. The van der Waals surface area contributed by atoms with E-state index in [2.05, 4.69) is 4.98 Å². The number of carbonyl (C=O) groups is 2. The van der Waals surface area contributed by atoms with Crippen molar-refractivity contribution in [3.05, 3.63) is 23.9 Å². The lowest BCUT2D eigenvalue weighted by Crippen LogP contribution is -2.25. The average Bonchev–Trinajstić information content (AvgIpc) is 2.68. The average molecular weight is 264 g/mol. The molecule has 1 aliphatic heterocycles. The van der Waals surface area contributed by atoms with Crippen molar-refractivity contribution in [3.8, 4) is 0 Å². The Bertz CT molecular complexity index is 476. The quantitative estimate of drug-likeness (QED) is 0.838. The van der Waals surface area contributed by atoms with Gasteiger partial charge in [-0.05, 0) is 25.0 Å². The van der Waals surface area contributed by atoms with Crippen molar-refractivity contribution in [1.29, 1.82) is 0 Å². The molecular formula is C13H16N2O2S. The van der Waals surface area contributed by atoms with Gasteiger partial charge in [0, 0.05) is 31.3 Å². The van der Waals surface area contributed by atoms with Gasteiger partial charge >= 0.3 is 0 Å². The second-order valence-electron chi connectivity index (χ2n) is 4.51. The standard InChI is InChI=1S/C13H16N2O2S/c1-9-4-3-5-12(14-9)15-7-11(6-13(15)17)8-18-10(2)16/h3-5,11H,6-8H2,1-2H3. The first-order valence-corrected chi connectivity index (χ1v) is 6.92. The molecule has 1 saturated heterocycles. The first kappa shape index (κ1) is 13.1. The van der Waals surface area contributed by atoms with E-state index in [4.69, 9.17) is 0 Å². The summed E-state index contributed by atoms with van der Waals surface area (Å²) < 4.78 is 0. The van der Waals surface area contributed by atoms with Crippen LogP contribution in [0, 0.1) is 12.8 Å². The summed E-state index contributed by atoms with van der Waals surface area (Å²) in [5.74, 6) is 1.77. The molecule has 0 aromatic carbocycles. The maximum atomic E-state index is 11.9. The van der Waals surface area contributed by atoms with Gasteiger partial charge < -0.3 is 0 Å². The molecule has 1 fully saturated rings. The molecule has 5 heteroatoms. The fourth-order valence-corrected chi connectivity index (χ4v) is 2.72. The molecule has 0 N–H and O–H groups in total. The van der Waals surface area contributed by atoms with E-state index in [9.17, 15) is 9.59 Å². The van der Waals surface area contributed by atoms with Gasteiger partial charge in [0.2, 0.25) is 5.91 Å². The number of rotatable bonds is 3. The fourth-order valence-electron chi connectivity index (χ4n) is 2.03. The van der Waals surface area contributed by atoms with Crippen LogP contribution in [0.4, 0.5) is 5.82 Å². The van der Waals surface area contributed by atoms with Gasteiger partial charge in [0.05, 0.1) is 0 Å². The molecule has 0 spiro atoms. The monoisotopic (exact) mass is 264 g/mol. The van der Waals surface area contributed by atoms with Gasteiger partial charge in [-0.15, -0.1) is 0 Å². The Morgan fingerprint density at radius 2 is 2.33 bits per heavy atom. The van der Waals surface area contributed by atoms with Crippen LogP contribution in [-0.2, 0) is 9.59 Å². The first-order chi connectivity index (χ1) is 8.56. The van der Waals surface area contributed by atoms with E-state index in [1.807, 2.05) is 25.1 Å². The van der Waals surface area contributed by atoms with Crippen LogP contribution < -0.4 is 4.90 Å². The van der Waals surface area contributed by atoms with Crippen LogP contribution in [0.15, 0.2) is 18.2 Å². The number of amides is 1. The van der Waals surface area contributed by atoms with Gasteiger partial charge in [-0.1, -0.05) is 17.8 Å². The lowest BCUT2D eigenvalue weighted by atomic mass is 10.1. The van der Waals surface area contributed by atoms with Gasteiger partial charge in [0.15, 0.2) is 5.12 Å². The molecule has 2 rings (SSSR count). The Kier molecular flexibility index (Phi) is 4.01. The summed E-state index contributed by atoms with van der Waals surface area (Å²) in [7, 11) is 0. The highest BCUT2D eigenvalue weighted by Crippen LogP contribution is 2.26. The third kappa shape index (κ3) is 3.10. The highest BCUT2D eigenvalue weighted by atomic mass is 32.2. The number of anilines is 1. The summed E-state index contributed by atoms with van der Waals surface area (Å²) in [4.78, 5) is 29.0. The second-order valence-corrected chi connectivity index (χ2v) is 5.71. The number of pyridine rings is 1. The molecule has 96 valence electrons. The molecule has 1 unspecified atom stereocenters. The summed E-state index contributed by atoms with van der Waals surface area (Å²) in [5, 5.41) is 0.106. The Balaban J connectivity index is 2.03. The molecule has 0 bridgehead atoms. The highest BCUT2D eigenvalue weighted by molar-refractivity contribution is 8.13. The minimum atomic E-state index is 0.0993. The fraction of sp³-hybridized carbons (Fsp3) is 0.462. The number of hydrogen-bond donors (Lipinski definition) is 0. The molecular weight excluding hydrogens is 248 g/mol. The molecule has 2 heterocycles. The number of nitrogens with zero attached hydrogens (tertiary/aromatic N) is 2. The number of carbonyl (C=O) groups excluding carboxylic acids is 2. The molecule has 18 heavy (non-hydrogen) atoms. The number of aromatic nitrogens is 1. The summed E-state index contributed by atoms with van der Waals surface area (Å²) in [6.07, 6.45) is 0.510. The highest BCUT2D eigenvalue weighted by Gasteiger charge is 2.31. The van der Waals surface area contributed by atoms with Crippen molar-refractivity contribution in [3.63, 3.8) is 0 Å². The van der Waals surface area contributed by atoms with Crippen LogP contribution in [0.2, 0.25) is 0 Å². The van der Waals surface area contributed by atoms with Crippen molar-refractivity contribution in [2.75, 3.05) is 17.2 Å². The number of aryl methyl sites for hydroxylation is 1. The predicted octanol–water partition coefficient (Wildman–Crippen LogP) is 2.02. The maximum Gasteiger partial charge on any atom is 0.228 e. The van der Waals surface area contributed by atoms with E-state index in [1.54, 1.807) is 11.8 Å². The smallest absolute Gasteiger partial charge is 0.228 e. The third-order valence-electron chi connectivity index (χ3n) is 2.88. The SMILES string of the molecule is CC(=O)SCC1CC(=O)N(c2cccc(C)n2)C1. The van der Waals surface area contributed by atoms with Crippen LogP contribution >= 0.6 is 11.8 Å². The van der Waals surface area contributed by atoms with E-state index in [0.29, 0.717) is 18.7 Å². The van der Waals surface area contributed by atoms with Gasteiger partial charge in [-0.2, -0.15) is 0 Å². The van der Waals surface area contributed by atoms with Crippen LogP contribution in [0.1, 0.15) is 19.0 Å². The van der Waals surface area contributed by atoms with Crippen molar-refractivity contribution in [1.82, 2.24) is 4.98 Å². The lowest BCUT2D eigenvalue weighted by molar-refractivity contribution is -0.117. The van der Waals surface area contributed by atoms with Crippen molar-refractivity contribution in [2.45, 2.75) is 20.3 Å². The zero-order valence-electron chi connectivity index (χ0n) is 10.5. The lowest BCUT2D eigenvalue weighted by Gasteiger charge is -2.15. The van der Waals surface area contributed by atoms with Gasteiger partial charge in [-0.3, -0.25) is 14.5 Å². The van der Waals surface area contributed by atoms with E-state index in [0.717, 1.165) is 11.5 Å². The molecule has 0 saturated carbocycles. The zero-order chi connectivity index (χ0) is 13.1. The molecule has 0 aliphatic carbocycles. The molecule has 0 radical (unpaired) electrons. The van der Waals surface area contributed by atoms with Crippen molar-refractivity contribution >= 4 is 28.6 Å². The Hall–Kier alpha value is -1.36. The van der Waals surface area contributed by atoms with Crippen LogP contribution in [0.5, 0.6) is 0 Å². The summed E-state index contributed by atoms with van der Waals surface area (Å²) in [6.45, 7) is 4.13. The Labute approximate surface area is 111 Å². The first-order valence-electron chi connectivity index (χ1n) is 5.93. The number of thioether (sulfide) groups is 1. The van der Waals surface area contributed by atoms with Crippen molar-refractivity contribution in [2.24, 2.45) is 5.92 Å². The Morgan fingerprint density at radius 1 is 1.56 bits per heavy atom. The molecule has 4 nitrogen and oxygen atoms in total. The second kappa shape index (κ2) is 5.52. The summed E-state index contributed by atoms with van der Waals surface area (Å²) in [6, 6.07) is 5.67. The minimum Gasteiger partial charge on any atom is -0.296 e. The molecule has 1 aliphatic rings. The third-order valence-corrected chi connectivity index (χ3v) is 3.92. The predicted molar refractivity (Wildman–Crippen MR) is 72.6 cm³/mol. The molecule has 1 aromatic rings. The van der Waals surface area contributed by atoms with E-state index < -0.39 is 0 Å². The van der Waals surface area contributed by atoms with E-state index in [-0.39, 0.29) is 16.9 Å². The molecule has 1 atom stereocenters. The summed E-state index contributed by atoms with van der Waals surface area (Å²) >= 11 is 1.29. The van der Waals surface area contributed by atoms with Crippen LogP contribution in [0.3, 0.4) is 0 Å². The van der Waals surface area contributed by atoms with Crippen LogP contribution in [0.25, 0.3) is 0 Å². The van der Waals surface area contributed by atoms with Gasteiger partial charge in [-0.25, -0.2) is 4.98 Å². The molecule has 1 aromatic heterocycles. The number of hydrogen-bond acceptors (Lipinski definition) is 4. The summed E-state index contributed by atoms with van der Waals surface area (Å²) in [5.41, 5.74) is 0.905. The van der Waals surface area contributed by atoms with E-state index >= 15 is 0 Å². The largest absolute Gasteiger partial charge is 0.296 e. The van der Waals surface area contributed by atoms with Crippen LogP contribution in [-0.4, -0.2) is 28.3 Å². The van der Waals surface area contributed by atoms with Gasteiger partial charge in [0.25, 0.3) is 0 Å². The topological polar surface area (TPSA) is 50.3 Å². The Morgan fingerprint density at radius 3 is 3.00 bits per heavy atom. The zero-order valence-corrected chi connectivity index (χ0v) is 11.4. The normalized spacial score (nSPS) is 19.3. The van der Waals surface area contributed by atoms with Crippen molar-refractivity contribution < 1.29 is 9.59 Å². The minimum absolute atomic E-state index is 0.0993.